The quantitative estimate of drug-likeness (QED) is 0.729. The van der Waals surface area contributed by atoms with Crippen LogP contribution in [0.3, 0.4) is 0 Å². The summed E-state index contributed by atoms with van der Waals surface area (Å²) in [6.07, 6.45) is 6.73. The van der Waals surface area contributed by atoms with Crippen LogP contribution < -0.4 is 10.1 Å². The summed E-state index contributed by atoms with van der Waals surface area (Å²) in [5, 5.41) is 23.0. The molecule has 1 amide bonds. The molecule has 0 aromatic carbocycles. The van der Waals surface area contributed by atoms with Gasteiger partial charge in [-0.05, 0) is 37.8 Å². The molecule has 0 radical (unpaired) electrons. The van der Waals surface area contributed by atoms with Crippen molar-refractivity contribution >= 4 is 5.91 Å². The number of aliphatic hydroxyl groups excluding tert-OH is 2. The summed E-state index contributed by atoms with van der Waals surface area (Å²) >= 11 is 0. The molecule has 2 saturated carbocycles. The summed E-state index contributed by atoms with van der Waals surface area (Å²) in [4.78, 5) is 16.3. The minimum absolute atomic E-state index is 0.0872. The molecule has 132 valence electrons. The highest BCUT2D eigenvalue weighted by Gasteiger charge is 2.45. The molecule has 24 heavy (non-hydrogen) atoms. The molecule has 0 bridgehead atoms. The number of ether oxygens (including phenoxy) is 1. The lowest BCUT2D eigenvalue weighted by molar-refractivity contribution is -0.125. The summed E-state index contributed by atoms with van der Waals surface area (Å²) in [5.74, 6) is 0.844. The van der Waals surface area contributed by atoms with Crippen molar-refractivity contribution in [2.75, 3.05) is 13.2 Å². The van der Waals surface area contributed by atoms with E-state index in [2.05, 4.69) is 10.3 Å². The second kappa shape index (κ2) is 7.49. The van der Waals surface area contributed by atoms with Gasteiger partial charge in [0.05, 0.1) is 25.0 Å². The average molecular weight is 334 g/mol. The number of nitrogens with zero attached hydrogens (tertiary/aromatic N) is 1. The smallest absolute Gasteiger partial charge is 0.223 e. The van der Waals surface area contributed by atoms with E-state index in [0.717, 1.165) is 25.7 Å². The minimum atomic E-state index is -0.772. The summed E-state index contributed by atoms with van der Waals surface area (Å²) in [7, 11) is 0. The topological polar surface area (TPSA) is 91.7 Å². The highest BCUT2D eigenvalue weighted by Crippen LogP contribution is 2.39. The lowest BCUT2D eigenvalue weighted by atomic mass is 9.86. The van der Waals surface area contributed by atoms with Gasteiger partial charge in [-0.1, -0.05) is 12.8 Å². The Balaban J connectivity index is 1.61. The van der Waals surface area contributed by atoms with Crippen LogP contribution in [-0.2, 0) is 4.79 Å². The number of hydrogen-bond donors (Lipinski definition) is 3. The van der Waals surface area contributed by atoms with Crippen LogP contribution >= 0.6 is 0 Å². The summed E-state index contributed by atoms with van der Waals surface area (Å²) in [6.45, 7) is 0.745. The van der Waals surface area contributed by atoms with Crippen LogP contribution in [0.4, 0.5) is 0 Å². The normalized spacial score (nSPS) is 30.4. The van der Waals surface area contributed by atoms with Crippen LogP contribution in [0.25, 0.3) is 0 Å². The van der Waals surface area contributed by atoms with E-state index in [1.807, 2.05) is 6.07 Å². The number of aromatic nitrogens is 1. The molecule has 2 unspecified atom stereocenters. The monoisotopic (exact) mass is 334 g/mol. The van der Waals surface area contributed by atoms with Gasteiger partial charge in [0, 0.05) is 24.1 Å². The van der Waals surface area contributed by atoms with Gasteiger partial charge in [-0.2, -0.15) is 0 Å². The molecule has 2 atom stereocenters. The third-order valence-electron chi connectivity index (χ3n) is 5.27. The van der Waals surface area contributed by atoms with Crippen LogP contribution in [0.2, 0.25) is 0 Å². The van der Waals surface area contributed by atoms with Gasteiger partial charge in [-0.3, -0.25) is 9.78 Å². The standard InChI is InChI=1S/C18H26N2O4/c21-15-8-18(9-16(15)22,12-24-14-6-3-7-19-10-14)11-20-17(23)13-4-1-2-5-13/h3,6-7,10,13,15-16,21-22H,1-2,4-5,8-9,11-12H2,(H,20,23). The first-order chi connectivity index (χ1) is 11.6. The molecule has 0 saturated heterocycles. The Morgan fingerprint density at radius 1 is 1.29 bits per heavy atom. The van der Waals surface area contributed by atoms with Crippen molar-refractivity contribution in [2.45, 2.75) is 50.7 Å². The Morgan fingerprint density at radius 2 is 2.00 bits per heavy atom. The van der Waals surface area contributed by atoms with Gasteiger partial charge in [-0.15, -0.1) is 0 Å². The largest absolute Gasteiger partial charge is 0.491 e. The Hall–Kier alpha value is -1.66. The van der Waals surface area contributed by atoms with Gasteiger partial charge in [0.2, 0.25) is 5.91 Å². The van der Waals surface area contributed by atoms with Crippen molar-refractivity contribution in [2.24, 2.45) is 11.3 Å². The molecule has 3 rings (SSSR count). The number of pyridine rings is 1. The van der Waals surface area contributed by atoms with Gasteiger partial charge in [0.15, 0.2) is 0 Å². The Kier molecular flexibility index (Phi) is 5.36. The number of nitrogens with one attached hydrogen (secondary N) is 1. The second-order valence-corrected chi connectivity index (χ2v) is 7.22. The molecular weight excluding hydrogens is 308 g/mol. The van der Waals surface area contributed by atoms with E-state index in [1.54, 1.807) is 18.5 Å². The molecule has 3 N–H and O–H groups in total. The van der Waals surface area contributed by atoms with Crippen LogP contribution in [0.1, 0.15) is 38.5 Å². The van der Waals surface area contributed by atoms with Gasteiger partial charge >= 0.3 is 0 Å². The zero-order valence-corrected chi connectivity index (χ0v) is 13.9. The molecule has 0 spiro atoms. The van der Waals surface area contributed by atoms with Crippen LogP contribution in [-0.4, -0.2) is 46.5 Å². The first-order valence-corrected chi connectivity index (χ1v) is 8.75. The summed E-state index contributed by atoms with van der Waals surface area (Å²) < 4.78 is 5.81. The van der Waals surface area contributed by atoms with Crippen molar-refractivity contribution in [3.05, 3.63) is 24.5 Å². The average Bonchev–Trinajstić information content (AvgIpc) is 3.22. The fourth-order valence-corrected chi connectivity index (χ4v) is 3.83. The molecule has 2 aliphatic rings. The van der Waals surface area contributed by atoms with E-state index in [9.17, 15) is 15.0 Å². The third-order valence-corrected chi connectivity index (χ3v) is 5.27. The number of amides is 1. The molecule has 6 nitrogen and oxygen atoms in total. The summed E-state index contributed by atoms with van der Waals surface area (Å²) in [5.41, 5.74) is -0.455. The van der Waals surface area contributed by atoms with E-state index in [0.29, 0.717) is 31.7 Å². The number of hydrogen-bond acceptors (Lipinski definition) is 5. The molecule has 2 aliphatic carbocycles. The molecule has 1 aromatic rings. The Labute approximate surface area is 142 Å². The molecule has 1 aromatic heterocycles. The Bertz CT molecular complexity index is 535. The SMILES string of the molecule is O=C(NCC1(COc2cccnc2)CC(O)C(O)C1)C1CCCC1. The predicted octanol–water partition coefficient (Wildman–Crippen LogP) is 1.27. The maximum atomic E-state index is 12.3. The Morgan fingerprint density at radius 3 is 2.62 bits per heavy atom. The van der Waals surface area contributed by atoms with Gasteiger partial charge < -0.3 is 20.3 Å². The number of aliphatic hydroxyl groups is 2. The predicted molar refractivity (Wildman–Crippen MR) is 88.4 cm³/mol. The molecule has 6 heteroatoms. The fraction of sp³-hybridized carbons (Fsp3) is 0.667. The second-order valence-electron chi connectivity index (χ2n) is 7.22. The molecule has 1 heterocycles. The van der Waals surface area contributed by atoms with Crippen molar-refractivity contribution < 1.29 is 19.7 Å². The highest BCUT2D eigenvalue weighted by molar-refractivity contribution is 5.78. The van der Waals surface area contributed by atoms with Crippen LogP contribution in [0, 0.1) is 11.3 Å². The first-order valence-electron chi connectivity index (χ1n) is 8.75. The fourth-order valence-electron chi connectivity index (χ4n) is 3.83. The van der Waals surface area contributed by atoms with Gasteiger partial charge in [-0.25, -0.2) is 0 Å². The summed E-state index contributed by atoms with van der Waals surface area (Å²) in [6, 6.07) is 3.61. The number of carbonyl (C=O) groups excluding carboxylic acids is 1. The molecule has 0 aliphatic heterocycles. The third kappa shape index (κ3) is 4.05. The van der Waals surface area contributed by atoms with E-state index in [4.69, 9.17) is 4.74 Å². The van der Waals surface area contributed by atoms with Crippen molar-refractivity contribution in [1.29, 1.82) is 0 Å². The molecular formula is C18H26N2O4. The van der Waals surface area contributed by atoms with Crippen LogP contribution in [0.5, 0.6) is 5.75 Å². The van der Waals surface area contributed by atoms with Crippen LogP contribution in [0.15, 0.2) is 24.5 Å². The van der Waals surface area contributed by atoms with Crippen molar-refractivity contribution in [3.8, 4) is 5.75 Å². The van der Waals surface area contributed by atoms with E-state index < -0.39 is 17.6 Å². The van der Waals surface area contributed by atoms with E-state index in [1.165, 1.54) is 0 Å². The number of rotatable bonds is 6. The maximum absolute atomic E-state index is 12.3. The van der Waals surface area contributed by atoms with Crippen molar-refractivity contribution in [1.82, 2.24) is 10.3 Å². The number of carbonyl (C=O) groups is 1. The van der Waals surface area contributed by atoms with Crippen molar-refractivity contribution in [3.63, 3.8) is 0 Å². The van der Waals surface area contributed by atoms with E-state index in [-0.39, 0.29) is 11.8 Å². The first kappa shape index (κ1) is 17.2. The lowest BCUT2D eigenvalue weighted by Crippen LogP contribution is -2.42. The zero-order valence-electron chi connectivity index (χ0n) is 13.9. The van der Waals surface area contributed by atoms with E-state index >= 15 is 0 Å². The van der Waals surface area contributed by atoms with Gasteiger partial charge in [0.1, 0.15) is 5.75 Å². The maximum Gasteiger partial charge on any atom is 0.223 e. The minimum Gasteiger partial charge on any atom is -0.491 e. The lowest BCUT2D eigenvalue weighted by Gasteiger charge is -2.29. The zero-order chi connectivity index (χ0) is 17.0. The highest BCUT2D eigenvalue weighted by atomic mass is 16.5. The van der Waals surface area contributed by atoms with Gasteiger partial charge in [0.25, 0.3) is 0 Å². The molecule has 2 fully saturated rings.